The van der Waals surface area contributed by atoms with E-state index in [1.807, 2.05) is 0 Å². The number of hydrogen-bond acceptors (Lipinski definition) is 4. The molecule has 0 aliphatic carbocycles. The number of anilines is 1. The normalized spacial score (nSPS) is 9.86. The van der Waals surface area contributed by atoms with Crippen molar-refractivity contribution in [1.29, 1.82) is 0 Å². The van der Waals surface area contributed by atoms with Crippen molar-refractivity contribution in [3.05, 3.63) is 23.8 Å². The van der Waals surface area contributed by atoms with Crippen molar-refractivity contribution < 1.29 is 14.3 Å². The molecule has 2 N–H and O–H groups in total. The summed E-state index contributed by atoms with van der Waals surface area (Å²) in [7, 11) is 1.53. The zero-order chi connectivity index (χ0) is 10.6. The third kappa shape index (κ3) is 2.47. The molecule has 0 bridgehead atoms. The summed E-state index contributed by atoms with van der Waals surface area (Å²) >= 11 is 0. The van der Waals surface area contributed by atoms with Crippen LogP contribution in [0.25, 0.3) is 0 Å². The molecule has 0 heterocycles. The minimum atomic E-state index is -0.0185. The molecule has 4 nitrogen and oxygen atoms in total. The molecule has 0 aliphatic heterocycles. The fourth-order valence-electron chi connectivity index (χ4n) is 1.02. The number of Topliss-reactive ketones (excluding diaryl/α,β-unsaturated/α-hetero) is 1. The Balaban J connectivity index is 2.84. The molecule has 4 heteroatoms. The second-order valence-electron chi connectivity index (χ2n) is 2.86. The lowest BCUT2D eigenvalue weighted by Crippen LogP contribution is -2.03. The molecular weight excluding hydrogens is 182 g/mol. The van der Waals surface area contributed by atoms with Crippen LogP contribution in [0.3, 0.4) is 0 Å². The maximum atomic E-state index is 11.0. The van der Waals surface area contributed by atoms with Crippen molar-refractivity contribution in [3.8, 4) is 5.75 Å². The Kier molecular flexibility index (Phi) is 3.48. The SMILES string of the molecule is COCOc1ccc(C(C)=O)cc1N. The number of carbonyl (C=O) groups excluding carboxylic acids is 1. The van der Waals surface area contributed by atoms with Crippen molar-refractivity contribution >= 4 is 11.5 Å². The Morgan fingerprint density at radius 1 is 1.50 bits per heavy atom. The number of nitrogens with two attached hydrogens (primary N) is 1. The van der Waals surface area contributed by atoms with Gasteiger partial charge in [-0.2, -0.15) is 0 Å². The van der Waals surface area contributed by atoms with Gasteiger partial charge in [0, 0.05) is 12.7 Å². The summed E-state index contributed by atoms with van der Waals surface area (Å²) < 4.78 is 9.90. The molecule has 0 saturated carbocycles. The van der Waals surface area contributed by atoms with Gasteiger partial charge in [-0.3, -0.25) is 4.79 Å². The van der Waals surface area contributed by atoms with Crippen LogP contribution in [-0.2, 0) is 4.74 Å². The van der Waals surface area contributed by atoms with Gasteiger partial charge in [0.15, 0.2) is 12.6 Å². The lowest BCUT2D eigenvalue weighted by atomic mass is 10.1. The zero-order valence-electron chi connectivity index (χ0n) is 8.24. The molecule has 0 amide bonds. The van der Waals surface area contributed by atoms with Crippen LogP contribution >= 0.6 is 0 Å². The highest BCUT2D eigenvalue weighted by Gasteiger charge is 2.04. The number of nitrogen functional groups attached to an aromatic ring is 1. The Labute approximate surface area is 82.6 Å². The molecule has 1 aromatic carbocycles. The molecule has 0 fully saturated rings. The van der Waals surface area contributed by atoms with E-state index in [-0.39, 0.29) is 12.6 Å². The van der Waals surface area contributed by atoms with Gasteiger partial charge in [0.05, 0.1) is 5.69 Å². The summed E-state index contributed by atoms with van der Waals surface area (Å²) in [6.07, 6.45) is 0. The maximum Gasteiger partial charge on any atom is 0.188 e. The molecular formula is C10H13NO3. The van der Waals surface area contributed by atoms with E-state index < -0.39 is 0 Å². The second-order valence-corrected chi connectivity index (χ2v) is 2.86. The molecule has 0 spiro atoms. The standard InChI is InChI=1S/C10H13NO3/c1-7(12)8-3-4-10(9(11)5-8)14-6-13-2/h3-5H,6,11H2,1-2H3. The fraction of sp³-hybridized carbons (Fsp3) is 0.300. The summed E-state index contributed by atoms with van der Waals surface area (Å²) in [4.78, 5) is 11.0. The van der Waals surface area contributed by atoms with E-state index >= 15 is 0 Å². The van der Waals surface area contributed by atoms with E-state index in [4.69, 9.17) is 15.2 Å². The molecule has 1 rings (SSSR count). The average Bonchev–Trinajstić information content (AvgIpc) is 2.15. The number of methoxy groups -OCH3 is 1. The first-order valence-electron chi connectivity index (χ1n) is 4.17. The van der Waals surface area contributed by atoms with Gasteiger partial charge in [0.1, 0.15) is 5.75 Å². The molecule has 0 atom stereocenters. The van der Waals surface area contributed by atoms with E-state index in [0.717, 1.165) is 0 Å². The Hall–Kier alpha value is -1.55. The first-order valence-corrected chi connectivity index (χ1v) is 4.17. The molecule has 0 aliphatic rings. The van der Waals surface area contributed by atoms with Gasteiger partial charge in [-0.15, -0.1) is 0 Å². The van der Waals surface area contributed by atoms with E-state index in [1.54, 1.807) is 18.2 Å². The summed E-state index contributed by atoms with van der Waals surface area (Å²) in [5.74, 6) is 0.506. The first kappa shape index (κ1) is 10.5. The Bertz CT molecular complexity index is 336. The Morgan fingerprint density at radius 3 is 2.71 bits per heavy atom. The monoisotopic (exact) mass is 195 g/mol. The quantitative estimate of drug-likeness (QED) is 0.448. The van der Waals surface area contributed by atoms with Crippen molar-refractivity contribution in [3.63, 3.8) is 0 Å². The van der Waals surface area contributed by atoms with Gasteiger partial charge in [-0.1, -0.05) is 0 Å². The van der Waals surface area contributed by atoms with Gasteiger partial charge < -0.3 is 15.2 Å². The lowest BCUT2D eigenvalue weighted by Gasteiger charge is -2.08. The predicted molar refractivity (Wildman–Crippen MR) is 53.4 cm³/mol. The van der Waals surface area contributed by atoms with Crippen LogP contribution in [0.1, 0.15) is 17.3 Å². The summed E-state index contributed by atoms with van der Waals surface area (Å²) in [5, 5.41) is 0. The van der Waals surface area contributed by atoms with E-state index in [2.05, 4.69) is 0 Å². The number of hydrogen-bond donors (Lipinski definition) is 1. The van der Waals surface area contributed by atoms with E-state index in [0.29, 0.717) is 17.0 Å². The van der Waals surface area contributed by atoms with Crippen LogP contribution in [0.4, 0.5) is 5.69 Å². The topological polar surface area (TPSA) is 61.5 Å². The third-order valence-corrected chi connectivity index (χ3v) is 1.75. The molecule has 14 heavy (non-hydrogen) atoms. The van der Waals surface area contributed by atoms with E-state index in [1.165, 1.54) is 14.0 Å². The lowest BCUT2D eigenvalue weighted by molar-refractivity contribution is 0.0516. The summed E-state index contributed by atoms with van der Waals surface area (Å²) in [5.41, 5.74) is 6.68. The van der Waals surface area contributed by atoms with Gasteiger partial charge >= 0.3 is 0 Å². The van der Waals surface area contributed by atoms with Crippen molar-refractivity contribution in [2.24, 2.45) is 0 Å². The smallest absolute Gasteiger partial charge is 0.188 e. The third-order valence-electron chi connectivity index (χ3n) is 1.75. The maximum absolute atomic E-state index is 11.0. The number of ether oxygens (including phenoxy) is 2. The summed E-state index contributed by atoms with van der Waals surface area (Å²) in [6.45, 7) is 1.63. The molecule has 0 aromatic heterocycles. The minimum absolute atomic E-state index is 0.0185. The van der Waals surface area contributed by atoms with Crippen LogP contribution in [0.15, 0.2) is 18.2 Å². The number of benzene rings is 1. The van der Waals surface area contributed by atoms with Crippen molar-refractivity contribution in [2.75, 3.05) is 19.6 Å². The van der Waals surface area contributed by atoms with Gasteiger partial charge in [0.25, 0.3) is 0 Å². The van der Waals surface area contributed by atoms with Crippen molar-refractivity contribution in [2.45, 2.75) is 6.92 Å². The molecule has 0 unspecified atom stereocenters. The number of ketones is 1. The molecule has 76 valence electrons. The van der Waals surface area contributed by atoms with Gasteiger partial charge in [0.2, 0.25) is 0 Å². The van der Waals surface area contributed by atoms with Crippen LogP contribution < -0.4 is 10.5 Å². The zero-order valence-corrected chi connectivity index (χ0v) is 8.24. The highest BCUT2D eigenvalue weighted by Crippen LogP contribution is 2.22. The second kappa shape index (κ2) is 4.62. The summed E-state index contributed by atoms with van der Waals surface area (Å²) in [6, 6.07) is 4.92. The Morgan fingerprint density at radius 2 is 2.21 bits per heavy atom. The van der Waals surface area contributed by atoms with E-state index in [9.17, 15) is 4.79 Å². The minimum Gasteiger partial charge on any atom is -0.465 e. The molecule has 0 radical (unpaired) electrons. The van der Waals surface area contributed by atoms with Gasteiger partial charge in [-0.25, -0.2) is 0 Å². The average molecular weight is 195 g/mol. The fourth-order valence-corrected chi connectivity index (χ4v) is 1.02. The number of carbonyl (C=O) groups is 1. The first-order chi connectivity index (χ1) is 6.65. The molecule has 1 aromatic rings. The van der Waals surface area contributed by atoms with Crippen LogP contribution in [0.5, 0.6) is 5.75 Å². The number of rotatable bonds is 4. The molecule has 0 saturated heterocycles. The highest BCUT2D eigenvalue weighted by atomic mass is 16.7. The van der Waals surface area contributed by atoms with Gasteiger partial charge in [-0.05, 0) is 25.1 Å². The van der Waals surface area contributed by atoms with Crippen molar-refractivity contribution in [1.82, 2.24) is 0 Å². The highest BCUT2D eigenvalue weighted by molar-refractivity contribution is 5.95. The largest absolute Gasteiger partial charge is 0.465 e. The van der Waals surface area contributed by atoms with Crippen LogP contribution in [-0.4, -0.2) is 19.7 Å². The predicted octanol–water partition coefficient (Wildman–Crippen LogP) is 1.45. The van der Waals surface area contributed by atoms with Crippen LogP contribution in [0.2, 0.25) is 0 Å². The van der Waals surface area contributed by atoms with Crippen LogP contribution in [0, 0.1) is 0 Å².